The van der Waals surface area contributed by atoms with Gasteiger partial charge < -0.3 is 0 Å². The van der Waals surface area contributed by atoms with Crippen LogP contribution in [0.5, 0.6) is 0 Å². The van der Waals surface area contributed by atoms with Crippen LogP contribution in [0.25, 0.3) is 0 Å². The van der Waals surface area contributed by atoms with Crippen LogP contribution in [0.15, 0.2) is 34.8 Å². The number of benzene rings is 2. The lowest BCUT2D eigenvalue weighted by Crippen LogP contribution is -2.31. The van der Waals surface area contributed by atoms with E-state index in [1.165, 1.54) is 18.2 Å². The molecule has 0 saturated carbocycles. The summed E-state index contributed by atoms with van der Waals surface area (Å²) in [5.74, 6) is 1.58. The Kier molecular flexibility index (Phi) is 4.97. The maximum atomic E-state index is 13.9. The molecule has 0 aliphatic rings. The van der Waals surface area contributed by atoms with Gasteiger partial charge in [-0.15, -0.1) is 0 Å². The lowest BCUT2D eigenvalue weighted by Gasteiger charge is -2.18. The van der Waals surface area contributed by atoms with E-state index in [1.807, 2.05) is 0 Å². The molecule has 1 unspecified atom stereocenters. The second-order valence-corrected chi connectivity index (χ2v) is 5.24. The van der Waals surface area contributed by atoms with Gasteiger partial charge in [0.15, 0.2) is 11.6 Å². The second kappa shape index (κ2) is 6.55. The Balaban J connectivity index is 2.41. The van der Waals surface area contributed by atoms with E-state index in [2.05, 4.69) is 21.4 Å². The highest BCUT2D eigenvalue weighted by molar-refractivity contribution is 9.10. The lowest BCUT2D eigenvalue weighted by atomic mass is 9.98. The third-order valence-corrected chi connectivity index (χ3v) is 3.72. The van der Waals surface area contributed by atoms with E-state index in [4.69, 9.17) is 5.84 Å². The van der Waals surface area contributed by atoms with E-state index in [0.29, 0.717) is 0 Å². The molecule has 2 aromatic carbocycles. The van der Waals surface area contributed by atoms with Gasteiger partial charge in [-0.2, -0.15) is 0 Å². The number of nitrogens with two attached hydrogens (primary N) is 1. The lowest BCUT2D eigenvalue weighted by molar-refractivity contribution is 0.453. The molecule has 2 nitrogen and oxygen atoms in total. The third-order valence-electron chi connectivity index (χ3n) is 3.11. The molecule has 0 amide bonds. The van der Waals surface area contributed by atoms with Crippen molar-refractivity contribution in [2.75, 3.05) is 0 Å². The van der Waals surface area contributed by atoms with Crippen molar-refractivity contribution in [3.8, 4) is 0 Å². The zero-order valence-electron chi connectivity index (χ0n) is 10.6. The summed E-state index contributed by atoms with van der Waals surface area (Å²) in [6.45, 7) is 0. The minimum Gasteiger partial charge on any atom is -0.271 e. The zero-order chi connectivity index (χ0) is 15.6. The Morgan fingerprint density at radius 3 is 2.38 bits per heavy atom. The van der Waals surface area contributed by atoms with Crippen molar-refractivity contribution in [2.24, 2.45) is 5.84 Å². The van der Waals surface area contributed by atoms with Crippen LogP contribution in [0.2, 0.25) is 0 Å². The smallest absolute Gasteiger partial charge is 0.163 e. The molecule has 0 saturated heterocycles. The molecule has 3 N–H and O–H groups in total. The molecular formula is C14H11BrF4N2. The number of hydrogen-bond acceptors (Lipinski definition) is 2. The van der Waals surface area contributed by atoms with Crippen LogP contribution in [0.4, 0.5) is 17.6 Å². The molecule has 112 valence electrons. The molecule has 0 aliphatic heterocycles. The van der Waals surface area contributed by atoms with Crippen molar-refractivity contribution in [3.63, 3.8) is 0 Å². The summed E-state index contributed by atoms with van der Waals surface area (Å²) in [7, 11) is 0. The largest absolute Gasteiger partial charge is 0.271 e. The van der Waals surface area contributed by atoms with Crippen molar-refractivity contribution in [2.45, 2.75) is 12.5 Å². The van der Waals surface area contributed by atoms with Gasteiger partial charge in [-0.1, -0.05) is 12.1 Å². The van der Waals surface area contributed by atoms with Crippen molar-refractivity contribution in [1.82, 2.24) is 5.43 Å². The number of halogens is 5. The predicted octanol–water partition coefficient (Wildman–Crippen LogP) is 3.75. The van der Waals surface area contributed by atoms with Crippen LogP contribution in [0.3, 0.4) is 0 Å². The molecule has 0 aliphatic carbocycles. The maximum Gasteiger partial charge on any atom is 0.163 e. The van der Waals surface area contributed by atoms with E-state index in [9.17, 15) is 17.6 Å². The Bertz CT molecular complexity index is 664. The van der Waals surface area contributed by atoms with Crippen molar-refractivity contribution < 1.29 is 17.6 Å². The Morgan fingerprint density at radius 2 is 1.71 bits per heavy atom. The van der Waals surface area contributed by atoms with E-state index in [1.54, 1.807) is 0 Å². The van der Waals surface area contributed by atoms with Gasteiger partial charge in [0.1, 0.15) is 11.6 Å². The molecule has 7 heteroatoms. The Morgan fingerprint density at radius 1 is 1.00 bits per heavy atom. The van der Waals surface area contributed by atoms with Crippen LogP contribution in [0.1, 0.15) is 17.2 Å². The van der Waals surface area contributed by atoms with Gasteiger partial charge in [0, 0.05) is 11.1 Å². The van der Waals surface area contributed by atoms with Crippen LogP contribution >= 0.6 is 15.9 Å². The maximum absolute atomic E-state index is 13.9. The minimum atomic E-state index is -1.10. The SMILES string of the molecule is NNC(Cc1c(F)ccc(Br)c1F)c1cccc(F)c1F. The quantitative estimate of drug-likeness (QED) is 0.376. The Hall–Kier alpha value is -1.44. The molecule has 0 bridgehead atoms. The molecule has 0 radical (unpaired) electrons. The van der Waals surface area contributed by atoms with Gasteiger partial charge in [0.25, 0.3) is 0 Å². The topological polar surface area (TPSA) is 38.0 Å². The summed E-state index contributed by atoms with van der Waals surface area (Å²) >= 11 is 2.95. The first-order chi connectivity index (χ1) is 9.95. The molecule has 0 aromatic heterocycles. The highest BCUT2D eigenvalue weighted by atomic mass is 79.9. The summed E-state index contributed by atoms with van der Waals surface area (Å²) in [6, 6.07) is 4.88. The monoisotopic (exact) mass is 362 g/mol. The van der Waals surface area contributed by atoms with E-state index >= 15 is 0 Å². The van der Waals surface area contributed by atoms with E-state index in [0.717, 1.165) is 12.1 Å². The standard InChI is InChI=1S/C14H11BrF4N2/c15-9-4-5-10(16)8(13(9)18)6-12(21-20)7-2-1-3-11(17)14(7)19/h1-5,12,21H,6,20H2. The summed E-state index contributed by atoms with van der Waals surface area (Å²) in [4.78, 5) is 0. The fourth-order valence-electron chi connectivity index (χ4n) is 2.01. The van der Waals surface area contributed by atoms with Gasteiger partial charge in [-0.05, 0) is 40.5 Å². The van der Waals surface area contributed by atoms with Crippen molar-refractivity contribution in [3.05, 3.63) is 69.2 Å². The third kappa shape index (κ3) is 3.25. The van der Waals surface area contributed by atoms with Gasteiger partial charge in [0.2, 0.25) is 0 Å². The van der Waals surface area contributed by atoms with Crippen LogP contribution in [-0.2, 0) is 6.42 Å². The summed E-state index contributed by atoms with van der Waals surface area (Å²) in [5.41, 5.74) is 1.89. The second-order valence-electron chi connectivity index (χ2n) is 4.39. The predicted molar refractivity (Wildman–Crippen MR) is 74.2 cm³/mol. The number of hydrogen-bond donors (Lipinski definition) is 2. The van der Waals surface area contributed by atoms with Crippen LogP contribution in [0, 0.1) is 23.3 Å². The van der Waals surface area contributed by atoms with Crippen LogP contribution in [-0.4, -0.2) is 0 Å². The molecular weight excluding hydrogens is 352 g/mol. The first-order valence-electron chi connectivity index (χ1n) is 5.98. The van der Waals surface area contributed by atoms with Gasteiger partial charge in [0.05, 0.1) is 10.5 Å². The fraction of sp³-hybridized carbons (Fsp3) is 0.143. The van der Waals surface area contributed by atoms with Crippen molar-refractivity contribution in [1.29, 1.82) is 0 Å². The highest BCUT2D eigenvalue weighted by Crippen LogP contribution is 2.27. The van der Waals surface area contributed by atoms with E-state index < -0.39 is 29.3 Å². The Labute approximate surface area is 127 Å². The molecule has 0 heterocycles. The first kappa shape index (κ1) is 15.9. The van der Waals surface area contributed by atoms with Crippen LogP contribution < -0.4 is 11.3 Å². The van der Waals surface area contributed by atoms with Gasteiger partial charge in [-0.3, -0.25) is 11.3 Å². The highest BCUT2D eigenvalue weighted by Gasteiger charge is 2.22. The summed E-state index contributed by atoms with van der Waals surface area (Å²) < 4.78 is 54.7. The zero-order valence-corrected chi connectivity index (χ0v) is 12.2. The minimum absolute atomic E-state index is 0.0781. The molecule has 21 heavy (non-hydrogen) atoms. The van der Waals surface area contributed by atoms with Gasteiger partial charge >= 0.3 is 0 Å². The molecule has 0 fully saturated rings. The summed E-state index contributed by atoms with van der Waals surface area (Å²) in [5, 5.41) is 0. The first-order valence-corrected chi connectivity index (χ1v) is 6.77. The molecule has 2 rings (SSSR count). The van der Waals surface area contributed by atoms with E-state index in [-0.39, 0.29) is 22.0 Å². The molecule has 2 aromatic rings. The van der Waals surface area contributed by atoms with Gasteiger partial charge in [-0.25, -0.2) is 17.6 Å². The average molecular weight is 363 g/mol. The molecule has 1 atom stereocenters. The molecule has 0 spiro atoms. The average Bonchev–Trinajstić information content (AvgIpc) is 2.47. The summed E-state index contributed by atoms with van der Waals surface area (Å²) in [6.07, 6.45) is -0.270. The fourth-order valence-corrected chi connectivity index (χ4v) is 2.38. The van der Waals surface area contributed by atoms with Crippen molar-refractivity contribution >= 4 is 15.9 Å². The number of hydrazine groups is 1. The number of nitrogens with one attached hydrogen (secondary N) is 1. The number of rotatable bonds is 4. The normalized spacial score (nSPS) is 12.5.